The van der Waals surface area contributed by atoms with E-state index in [1.807, 2.05) is 12.1 Å². The molecule has 2 aromatic rings. The second-order valence-electron chi connectivity index (χ2n) is 4.36. The highest BCUT2D eigenvalue weighted by atomic mass is 35.5. The number of ether oxygens (including phenoxy) is 1. The van der Waals surface area contributed by atoms with Gasteiger partial charge in [-0.15, -0.1) is 12.4 Å². The molecule has 2 aromatic carbocycles. The van der Waals surface area contributed by atoms with Gasteiger partial charge in [0, 0.05) is 18.6 Å². The molecule has 0 saturated carbocycles. The lowest BCUT2D eigenvalue weighted by atomic mass is 10.0. The largest absolute Gasteiger partial charge is 0.508 e. The third-order valence-electron chi connectivity index (χ3n) is 2.92. The van der Waals surface area contributed by atoms with Crippen LogP contribution in [-0.2, 0) is 6.42 Å². The van der Waals surface area contributed by atoms with E-state index in [4.69, 9.17) is 10.1 Å². The van der Waals surface area contributed by atoms with E-state index in [0.717, 1.165) is 23.4 Å². The quantitative estimate of drug-likeness (QED) is 0.653. The van der Waals surface area contributed by atoms with Gasteiger partial charge in [-0.25, -0.2) is 0 Å². The van der Waals surface area contributed by atoms with Crippen molar-refractivity contribution in [1.29, 1.82) is 5.41 Å². The van der Waals surface area contributed by atoms with Crippen molar-refractivity contribution in [1.82, 2.24) is 0 Å². The van der Waals surface area contributed by atoms with Crippen LogP contribution in [0, 0.1) is 5.41 Å². The fourth-order valence-corrected chi connectivity index (χ4v) is 1.94. The summed E-state index contributed by atoms with van der Waals surface area (Å²) in [6.45, 7) is 0. The Balaban J connectivity index is 0.00000220. The Kier molecular flexibility index (Phi) is 5.44. The van der Waals surface area contributed by atoms with Crippen molar-refractivity contribution in [2.45, 2.75) is 6.42 Å². The Hall–Kier alpha value is -2.40. The lowest BCUT2D eigenvalue weighted by Crippen LogP contribution is -2.04. The summed E-state index contributed by atoms with van der Waals surface area (Å²) in [5, 5.41) is 36.7. The van der Waals surface area contributed by atoms with E-state index in [1.54, 1.807) is 19.2 Å². The zero-order chi connectivity index (χ0) is 14.7. The maximum absolute atomic E-state index is 9.72. The zero-order valence-electron chi connectivity index (χ0n) is 11.3. The number of phenolic OH excluding ortho intramolecular Hbond substituents is 3. The second kappa shape index (κ2) is 6.85. The smallest absolute Gasteiger partial charge is 0.132 e. The molecule has 0 aliphatic carbocycles. The Bertz CT molecular complexity index is 618. The van der Waals surface area contributed by atoms with Crippen molar-refractivity contribution in [3.63, 3.8) is 0 Å². The molecule has 0 radical (unpaired) electrons. The summed E-state index contributed by atoms with van der Waals surface area (Å²) >= 11 is 0. The van der Waals surface area contributed by atoms with Gasteiger partial charge >= 0.3 is 0 Å². The molecule has 6 heteroatoms. The van der Waals surface area contributed by atoms with Crippen LogP contribution in [0.4, 0.5) is 0 Å². The van der Waals surface area contributed by atoms with E-state index < -0.39 is 0 Å². The van der Waals surface area contributed by atoms with Crippen LogP contribution in [0.1, 0.15) is 11.1 Å². The fourth-order valence-electron chi connectivity index (χ4n) is 1.94. The van der Waals surface area contributed by atoms with Crippen LogP contribution in [0.15, 0.2) is 36.4 Å². The summed E-state index contributed by atoms with van der Waals surface area (Å²) in [4.78, 5) is 0. The summed E-state index contributed by atoms with van der Waals surface area (Å²) in [5.41, 5.74) is 0.937. The van der Waals surface area contributed by atoms with E-state index in [-0.39, 0.29) is 47.4 Å². The van der Waals surface area contributed by atoms with Gasteiger partial charge in [0.1, 0.15) is 23.0 Å². The van der Waals surface area contributed by atoms with E-state index >= 15 is 0 Å². The van der Waals surface area contributed by atoms with Crippen LogP contribution in [0.2, 0.25) is 0 Å². The second-order valence-corrected chi connectivity index (χ2v) is 4.36. The van der Waals surface area contributed by atoms with Crippen LogP contribution < -0.4 is 4.74 Å². The lowest BCUT2D eigenvalue weighted by Gasteiger charge is -2.10. The predicted octanol–water partition coefficient (Wildman–Crippen LogP) is 2.84. The van der Waals surface area contributed by atoms with Gasteiger partial charge in [-0.1, -0.05) is 12.1 Å². The summed E-state index contributed by atoms with van der Waals surface area (Å²) < 4.78 is 5.05. The average molecular weight is 310 g/mol. The highest BCUT2D eigenvalue weighted by Crippen LogP contribution is 2.32. The molecule has 21 heavy (non-hydrogen) atoms. The van der Waals surface area contributed by atoms with Crippen molar-refractivity contribution in [3.8, 4) is 23.0 Å². The third kappa shape index (κ3) is 3.79. The molecular weight excluding hydrogens is 294 g/mol. The molecule has 0 heterocycles. The zero-order valence-corrected chi connectivity index (χ0v) is 12.1. The van der Waals surface area contributed by atoms with Gasteiger partial charge in [-0.2, -0.15) is 0 Å². The maximum Gasteiger partial charge on any atom is 0.132 e. The fraction of sp³-hybridized carbons (Fsp3) is 0.133. The normalized spacial score (nSPS) is 9.76. The van der Waals surface area contributed by atoms with Crippen molar-refractivity contribution in [3.05, 3.63) is 47.5 Å². The number of phenols is 3. The summed E-state index contributed by atoms with van der Waals surface area (Å²) in [7, 11) is 1.57. The van der Waals surface area contributed by atoms with Gasteiger partial charge in [-0.05, 0) is 17.7 Å². The first-order valence-corrected chi connectivity index (χ1v) is 5.97. The Morgan fingerprint density at radius 3 is 2.05 bits per heavy atom. The standard InChI is InChI=1S/C15H15NO4.ClH/c1-20-11-4-2-9(3-5-11)6-12(16)15-13(18)7-10(17)8-14(15)19;/h2-5,7-8,16-19H,6H2,1H3;1H. The number of nitrogens with one attached hydrogen (secondary N) is 1. The molecule has 4 N–H and O–H groups in total. The first-order valence-electron chi connectivity index (χ1n) is 5.97. The monoisotopic (exact) mass is 309 g/mol. The van der Waals surface area contributed by atoms with Gasteiger partial charge < -0.3 is 25.5 Å². The van der Waals surface area contributed by atoms with E-state index in [2.05, 4.69) is 0 Å². The molecule has 0 atom stereocenters. The van der Waals surface area contributed by atoms with Crippen molar-refractivity contribution >= 4 is 18.1 Å². The number of methoxy groups -OCH3 is 1. The number of aromatic hydroxyl groups is 3. The number of benzene rings is 2. The molecule has 0 aliphatic rings. The Labute approximate surface area is 128 Å². The molecule has 0 aromatic heterocycles. The molecule has 0 fully saturated rings. The van der Waals surface area contributed by atoms with Crippen LogP contribution in [0.3, 0.4) is 0 Å². The van der Waals surface area contributed by atoms with Crippen molar-refractivity contribution in [2.24, 2.45) is 0 Å². The maximum atomic E-state index is 9.72. The minimum atomic E-state index is -0.319. The van der Waals surface area contributed by atoms with E-state index in [0.29, 0.717) is 0 Å². The van der Waals surface area contributed by atoms with Crippen molar-refractivity contribution < 1.29 is 20.1 Å². The molecular formula is C15H16ClNO4. The lowest BCUT2D eigenvalue weighted by molar-refractivity contribution is 0.414. The molecule has 0 amide bonds. The van der Waals surface area contributed by atoms with E-state index in [1.165, 1.54) is 0 Å². The predicted molar refractivity (Wildman–Crippen MR) is 82.2 cm³/mol. The molecule has 2 rings (SSSR count). The van der Waals surface area contributed by atoms with Crippen molar-refractivity contribution in [2.75, 3.05) is 7.11 Å². The number of rotatable bonds is 4. The number of halogens is 1. The molecule has 0 unspecified atom stereocenters. The Morgan fingerprint density at radius 2 is 1.57 bits per heavy atom. The van der Waals surface area contributed by atoms with Gasteiger partial charge in [0.25, 0.3) is 0 Å². The molecule has 0 bridgehead atoms. The van der Waals surface area contributed by atoms with Crippen LogP contribution in [0.5, 0.6) is 23.0 Å². The molecule has 0 aliphatic heterocycles. The number of hydrogen-bond donors (Lipinski definition) is 4. The SMILES string of the molecule is COc1ccc(CC(=N)c2c(O)cc(O)cc2O)cc1.Cl. The summed E-state index contributed by atoms with van der Waals surface area (Å²) in [6.07, 6.45) is 0.246. The van der Waals surface area contributed by atoms with Crippen LogP contribution in [-0.4, -0.2) is 28.1 Å². The molecule has 0 saturated heterocycles. The van der Waals surface area contributed by atoms with Gasteiger partial charge in [0.05, 0.1) is 18.4 Å². The first-order chi connectivity index (χ1) is 9.51. The average Bonchev–Trinajstić information content (AvgIpc) is 2.38. The third-order valence-corrected chi connectivity index (χ3v) is 2.92. The van der Waals surface area contributed by atoms with Crippen LogP contribution in [0.25, 0.3) is 0 Å². The number of hydrogen-bond acceptors (Lipinski definition) is 5. The molecule has 0 spiro atoms. The van der Waals surface area contributed by atoms with Crippen LogP contribution >= 0.6 is 12.4 Å². The van der Waals surface area contributed by atoms with Gasteiger partial charge in [-0.3, -0.25) is 0 Å². The van der Waals surface area contributed by atoms with Gasteiger partial charge in [0.2, 0.25) is 0 Å². The first kappa shape index (κ1) is 16.7. The minimum absolute atomic E-state index is 0. The molecule has 112 valence electrons. The Morgan fingerprint density at radius 1 is 1.05 bits per heavy atom. The van der Waals surface area contributed by atoms with E-state index in [9.17, 15) is 15.3 Å². The topological polar surface area (TPSA) is 93.8 Å². The summed E-state index contributed by atoms with van der Waals surface area (Å²) in [5.74, 6) is -0.168. The minimum Gasteiger partial charge on any atom is -0.508 e. The molecule has 5 nitrogen and oxygen atoms in total. The summed E-state index contributed by atoms with van der Waals surface area (Å²) in [6, 6.07) is 9.36. The highest BCUT2D eigenvalue weighted by Gasteiger charge is 2.15. The van der Waals surface area contributed by atoms with Gasteiger partial charge in [0.15, 0.2) is 0 Å². The highest BCUT2D eigenvalue weighted by molar-refractivity contribution is 6.04.